The molecule has 0 spiro atoms. The van der Waals surface area contributed by atoms with Gasteiger partial charge in [-0.2, -0.15) is 4.39 Å². The zero-order valence-corrected chi connectivity index (χ0v) is 15.3. The second kappa shape index (κ2) is 8.33. The van der Waals surface area contributed by atoms with Crippen LogP contribution in [0.25, 0.3) is 0 Å². The van der Waals surface area contributed by atoms with Crippen LogP contribution in [0.4, 0.5) is 15.8 Å². The van der Waals surface area contributed by atoms with Gasteiger partial charge in [-0.3, -0.25) is 34.2 Å². The van der Waals surface area contributed by atoms with Gasteiger partial charge in [-0.25, -0.2) is 0 Å². The lowest BCUT2D eigenvalue weighted by Crippen LogP contribution is -2.37. The van der Waals surface area contributed by atoms with E-state index in [1.54, 1.807) is 0 Å². The van der Waals surface area contributed by atoms with Crippen molar-refractivity contribution in [1.29, 1.82) is 0 Å². The van der Waals surface area contributed by atoms with Crippen molar-refractivity contribution < 1.29 is 33.2 Å². The van der Waals surface area contributed by atoms with Crippen LogP contribution in [-0.2, 0) is 23.9 Å². The fourth-order valence-electron chi connectivity index (χ4n) is 3.63. The molecule has 1 aliphatic heterocycles. The van der Waals surface area contributed by atoms with Crippen molar-refractivity contribution in [2.24, 2.45) is 11.8 Å². The Morgan fingerprint density at radius 3 is 2.41 bits per heavy atom. The number of nitrogens with one attached hydrogen (secondary N) is 1. The van der Waals surface area contributed by atoms with Gasteiger partial charge < -0.3 is 10.1 Å². The van der Waals surface area contributed by atoms with Gasteiger partial charge in [-0.15, -0.1) is 0 Å². The summed E-state index contributed by atoms with van der Waals surface area (Å²) in [6.45, 7) is -1.30. The Bertz CT molecular complexity index is 864. The number of nitro benzene ring substituents is 1. The Labute approximate surface area is 164 Å². The molecule has 1 aromatic rings. The Balaban J connectivity index is 1.51. The van der Waals surface area contributed by atoms with E-state index >= 15 is 0 Å². The zero-order chi connectivity index (χ0) is 21.1. The number of ether oxygens (including phenoxy) is 1. The third-order valence-corrected chi connectivity index (χ3v) is 5.01. The number of nitrogens with zero attached hydrogens (tertiary/aromatic N) is 2. The first-order chi connectivity index (χ1) is 13.8. The molecule has 1 heterocycles. The van der Waals surface area contributed by atoms with Crippen molar-refractivity contribution in [3.63, 3.8) is 0 Å². The molecular formula is C18H18FN3O7. The van der Waals surface area contributed by atoms with E-state index in [0.29, 0.717) is 12.8 Å². The Morgan fingerprint density at radius 2 is 1.83 bits per heavy atom. The fourth-order valence-corrected chi connectivity index (χ4v) is 3.63. The topological polar surface area (TPSA) is 136 Å². The predicted octanol–water partition coefficient (Wildman–Crippen LogP) is 1.39. The second-order valence-corrected chi connectivity index (χ2v) is 6.89. The van der Waals surface area contributed by atoms with E-state index in [-0.39, 0.29) is 29.3 Å². The number of nitro groups is 1. The van der Waals surface area contributed by atoms with Crippen LogP contribution >= 0.6 is 0 Å². The van der Waals surface area contributed by atoms with Crippen LogP contribution in [0.2, 0.25) is 0 Å². The number of halogens is 1. The number of anilines is 1. The van der Waals surface area contributed by atoms with Crippen molar-refractivity contribution >= 4 is 35.1 Å². The van der Waals surface area contributed by atoms with E-state index < -0.39 is 41.5 Å². The largest absolute Gasteiger partial charge is 0.454 e. The van der Waals surface area contributed by atoms with E-state index in [1.807, 2.05) is 0 Å². The molecule has 1 saturated carbocycles. The maximum Gasteiger partial charge on any atom is 0.326 e. The van der Waals surface area contributed by atoms with Crippen LogP contribution in [0.3, 0.4) is 0 Å². The molecule has 0 unspecified atom stereocenters. The highest BCUT2D eigenvalue weighted by Gasteiger charge is 2.48. The smallest absolute Gasteiger partial charge is 0.326 e. The number of benzene rings is 1. The summed E-state index contributed by atoms with van der Waals surface area (Å²) >= 11 is 0. The lowest BCUT2D eigenvalue weighted by Gasteiger charge is -2.19. The Morgan fingerprint density at radius 1 is 1.21 bits per heavy atom. The van der Waals surface area contributed by atoms with E-state index in [2.05, 4.69) is 5.32 Å². The van der Waals surface area contributed by atoms with E-state index in [9.17, 15) is 33.7 Å². The summed E-state index contributed by atoms with van der Waals surface area (Å²) in [5.74, 6) is -4.35. The number of fused-ring (bicyclic) bond motifs is 1. The zero-order valence-electron chi connectivity index (χ0n) is 15.3. The number of carbonyl (C=O) groups is 4. The number of rotatable bonds is 6. The number of hydrogen-bond donors (Lipinski definition) is 1. The molecule has 3 rings (SSSR count). The van der Waals surface area contributed by atoms with Gasteiger partial charge in [0.15, 0.2) is 6.61 Å². The van der Waals surface area contributed by atoms with Gasteiger partial charge in [-0.05, 0) is 25.0 Å². The van der Waals surface area contributed by atoms with Crippen LogP contribution in [0.5, 0.6) is 0 Å². The average molecular weight is 407 g/mol. The minimum absolute atomic E-state index is 0.0480. The summed E-state index contributed by atoms with van der Waals surface area (Å²) in [6, 6.07) is 2.77. The van der Waals surface area contributed by atoms with Gasteiger partial charge in [-0.1, -0.05) is 12.8 Å². The lowest BCUT2D eigenvalue weighted by molar-refractivity contribution is -0.387. The SMILES string of the molecule is O=C(COC(=O)CN1C(=O)[C@@H]2CCCC[C@H]2C1=O)Nc1ccc(F)c([N+](=O)[O-])c1. The molecule has 0 bridgehead atoms. The third-order valence-electron chi connectivity index (χ3n) is 5.01. The van der Waals surface area contributed by atoms with Crippen molar-refractivity contribution in [3.8, 4) is 0 Å². The molecule has 2 aliphatic rings. The van der Waals surface area contributed by atoms with Crippen LogP contribution in [0, 0.1) is 27.8 Å². The first kappa shape index (κ1) is 20.4. The number of amides is 3. The highest BCUT2D eigenvalue weighted by molar-refractivity contribution is 6.07. The highest BCUT2D eigenvalue weighted by atomic mass is 19.1. The molecule has 1 saturated heterocycles. The fraction of sp³-hybridized carbons (Fsp3) is 0.444. The minimum atomic E-state index is -1.06. The average Bonchev–Trinajstić information content (AvgIpc) is 2.93. The molecule has 3 amide bonds. The minimum Gasteiger partial charge on any atom is -0.454 e. The summed E-state index contributed by atoms with van der Waals surface area (Å²) in [5.41, 5.74) is -0.861. The molecule has 1 aromatic carbocycles. The molecule has 1 aliphatic carbocycles. The summed E-state index contributed by atoms with van der Waals surface area (Å²) in [6.07, 6.45) is 2.96. The number of carbonyl (C=O) groups excluding carboxylic acids is 4. The van der Waals surface area contributed by atoms with Crippen molar-refractivity contribution in [2.45, 2.75) is 25.7 Å². The summed E-state index contributed by atoms with van der Waals surface area (Å²) < 4.78 is 18.1. The molecule has 29 heavy (non-hydrogen) atoms. The van der Waals surface area contributed by atoms with Gasteiger partial charge in [0, 0.05) is 11.8 Å². The van der Waals surface area contributed by atoms with Crippen LogP contribution in [-0.4, -0.2) is 46.7 Å². The van der Waals surface area contributed by atoms with Crippen molar-refractivity contribution in [1.82, 2.24) is 4.90 Å². The number of likely N-dealkylation sites (tertiary alicyclic amines) is 1. The summed E-state index contributed by atoms with van der Waals surface area (Å²) in [5, 5.41) is 12.9. The third kappa shape index (κ3) is 4.39. The van der Waals surface area contributed by atoms with E-state index in [1.165, 1.54) is 0 Å². The molecule has 2 atom stereocenters. The first-order valence-corrected chi connectivity index (χ1v) is 9.02. The number of imide groups is 1. The molecule has 0 radical (unpaired) electrons. The molecule has 154 valence electrons. The monoisotopic (exact) mass is 407 g/mol. The second-order valence-electron chi connectivity index (χ2n) is 6.89. The maximum absolute atomic E-state index is 13.3. The van der Waals surface area contributed by atoms with E-state index in [0.717, 1.165) is 35.9 Å². The lowest BCUT2D eigenvalue weighted by atomic mass is 9.81. The molecule has 11 heteroatoms. The van der Waals surface area contributed by atoms with Gasteiger partial charge >= 0.3 is 11.7 Å². The van der Waals surface area contributed by atoms with Crippen LogP contribution in [0.1, 0.15) is 25.7 Å². The predicted molar refractivity (Wildman–Crippen MR) is 94.8 cm³/mol. The van der Waals surface area contributed by atoms with Crippen molar-refractivity contribution in [2.75, 3.05) is 18.5 Å². The van der Waals surface area contributed by atoms with Crippen molar-refractivity contribution in [3.05, 3.63) is 34.1 Å². The molecular weight excluding hydrogens is 389 g/mol. The van der Waals surface area contributed by atoms with Gasteiger partial charge in [0.25, 0.3) is 5.91 Å². The summed E-state index contributed by atoms with van der Waals surface area (Å²) in [7, 11) is 0. The molecule has 2 fully saturated rings. The summed E-state index contributed by atoms with van der Waals surface area (Å²) in [4.78, 5) is 59.1. The molecule has 1 N–H and O–H groups in total. The van der Waals surface area contributed by atoms with Crippen LogP contribution in [0.15, 0.2) is 18.2 Å². The highest BCUT2D eigenvalue weighted by Crippen LogP contribution is 2.37. The van der Waals surface area contributed by atoms with Gasteiger partial charge in [0.1, 0.15) is 6.54 Å². The maximum atomic E-state index is 13.3. The van der Waals surface area contributed by atoms with E-state index in [4.69, 9.17) is 4.74 Å². The number of hydrogen-bond acceptors (Lipinski definition) is 7. The Hall–Kier alpha value is -3.37. The van der Waals surface area contributed by atoms with Crippen LogP contribution < -0.4 is 5.32 Å². The molecule has 0 aromatic heterocycles. The Kier molecular flexibility index (Phi) is 5.85. The standard InChI is InChI=1S/C18H18FN3O7/c19-13-6-5-10(7-14(13)22(27)28)20-15(23)9-29-16(24)8-21-17(25)11-3-1-2-4-12(11)18(21)26/h5-7,11-12H,1-4,8-9H2,(H,20,23)/t11-,12-/m1/s1. The van der Waals surface area contributed by atoms with Gasteiger partial charge in [0.2, 0.25) is 17.6 Å². The normalized spacial score (nSPS) is 20.9. The molecule has 10 nitrogen and oxygen atoms in total. The number of esters is 1. The van der Waals surface area contributed by atoms with Gasteiger partial charge in [0.05, 0.1) is 16.8 Å². The quantitative estimate of drug-likeness (QED) is 0.326. The first-order valence-electron chi connectivity index (χ1n) is 9.02.